The Hall–Kier alpha value is -1.25. The molecule has 1 aromatic carbocycles. The van der Waals surface area contributed by atoms with Crippen LogP contribution in [-0.2, 0) is 11.3 Å². The summed E-state index contributed by atoms with van der Waals surface area (Å²) in [7, 11) is 1.63. The molecule has 0 spiro atoms. The number of benzene rings is 1. The topological polar surface area (TPSA) is 38.7 Å². The number of ether oxygens (including phenoxy) is 1. The molecule has 0 amide bonds. The van der Waals surface area contributed by atoms with Crippen molar-refractivity contribution in [3.05, 3.63) is 23.8 Å². The van der Waals surface area contributed by atoms with Crippen molar-refractivity contribution < 1.29 is 9.53 Å². The second-order valence-electron chi connectivity index (χ2n) is 2.79. The summed E-state index contributed by atoms with van der Waals surface area (Å²) in [6.07, 6.45) is 1.53. The van der Waals surface area contributed by atoms with Gasteiger partial charge in [0, 0.05) is 10.5 Å². The van der Waals surface area contributed by atoms with E-state index in [1.54, 1.807) is 18.9 Å². The van der Waals surface area contributed by atoms with E-state index in [-0.39, 0.29) is 0 Å². The standard InChI is InChI=1S/C11H13NO2S/c1-3-15-10-6-4-5-9(7-12-8-13)11(10)14-2/h4-6H,3,7H2,1-2H3. The van der Waals surface area contributed by atoms with Crippen molar-refractivity contribution in [3.63, 3.8) is 0 Å². The van der Waals surface area contributed by atoms with E-state index in [0.717, 1.165) is 22.0 Å². The molecule has 15 heavy (non-hydrogen) atoms. The van der Waals surface area contributed by atoms with Crippen LogP contribution >= 0.6 is 11.8 Å². The fourth-order valence-corrected chi connectivity index (χ4v) is 2.14. The third-order valence-corrected chi connectivity index (χ3v) is 2.80. The molecule has 0 N–H and O–H groups in total. The van der Waals surface area contributed by atoms with Crippen LogP contribution in [0.4, 0.5) is 0 Å². The monoisotopic (exact) mass is 223 g/mol. The van der Waals surface area contributed by atoms with Crippen LogP contribution in [0, 0.1) is 0 Å². The van der Waals surface area contributed by atoms with E-state index in [1.165, 1.54) is 6.08 Å². The molecular weight excluding hydrogens is 210 g/mol. The van der Waals surface area contributed by atoms with Crippen LogP contribution in [0.5, 0.6) is 5.75 Å². The summed E-state index contributed by atoms with van der Waals surface area (Å²) < 4.78 is 5.32. The average molecular weight is 223 g/mol. The van der Waals surface area contributed by atoms with Gasteiger partial charge in [-0.1, -0.05) is 19.1 Å². The summed E-state index contributed by atoms with van der Waals surface area (Å²) in [5.74, 6) is 1.79. The van der Waals surface area contributed by atoms with Crippen LogP contribution in [0.15, 0.2) is 28.1 Å². The van der Waals surface area contributed by atoms with Gasteiger partial charge in [0.1, 0.15) is 5.75 Å². The molecule has 0 unspecified atom stereocenters. The van der Waals surface area contributed by atoms with Gasteiger partial charge in [-0.25, -0.2) is 9.79 Å². The van der Waals surface area contributed by atoms with Gasteiger partial charge >= 0.3 is 0 Å². The highest BCUT2D eigenvalue weighted by Crippen LogP contribution is 2.32. The molecule has 0 saturated heterocycles. The van der Waals surface area contributed by atoms with E-state index in [1.807, 2.05) is 18.2 Å². The van der Waals surface area contributed by atoms with E-state index < -0.39 is 0 Å². The maximum Gasteiger partial charge on any atom is 0.235 e. The zero-order valence-corrected chi connectivity index (χ0v) is 9.63. The highest BCUT2D eigenvalue weighted by Gasteiger charge is 2.07. The minimum atomic E-state index is 0.324. The normalized spacial score (nSPS) is 9.47. The molecule has 0 aromatic heterocycles. The van der Waals surface area contributed by atoms with Crippen LogP contribution in [0.1, 0.15) is 12.5 Å². The number of para-hydroxylation sites is 1. The SMILES string of the molecule is CCSc1cccc(CN=C=O)c1OC. The first kappa shape index (κ1) is 11.8. The van der Waals surface area contributed by atoms with Crippen molar-refractivity contribution in [2.45, 2.75) is 18.4 Å². The maximum absolute atomic E-state index is 10.1. The maximum atomic E-state index is 10.1. The van der Waals surface area contributed by atoms with Gasteiger partial charge in [0.05, 0.1) is 13.7 Å². The van der Waals surface area contributed by atoms with E-state index in [2.05, 4.69) is 11.9 Å². The van der Waals surface area contributed by atoms with E-state index in [4.69, 9.17) is 4.74 Å². The van der Waals surface area contributed by atoms with E-state index in [9.17, 15) is 4.79 Å². The predicted octanol–water partition coefficient (Wildman–Crippen LogP) is 2.64. The Labute approximate surface area is 93.5 Å². The highest BCUT2D eigenvalue weighted by molar-refractivity contribution is 7.99. The number of carbonyl (C=O) groups excluding carboxylic acids is 1. The van der Waals surface area contributed by atoms with Crippen molar-refractivity contribution in [2.75, 3.05) is 12.9 Å². The minimum Gasteiger partial charge on any atom is -0.495 e. The molecule has 0 aliphatic carbocycles. The summed E-state index contributed by atoms with van der Waals surface area (Å²) in [6, 6.07) is 5.84. The molecule has 0 aliphatic rings. The Morgan fingerprint density at radius 1 is 1.53 bits per heavy atom. The Morgan fingerprint density at radius 2 is 2.33 bits per heavy atom. The summed E-state index contributed by atoms with van der Waals surface area (Å²) in [6.45, 7) is 2.41. The number of isocyanates is 1. The molecule has 1 aromatic rings. The lowest BCUT2D eigenvalue weighted by molar-refractivity contribution is 0.399. The molecule has 0 saturated carbocycles. The third-order valence-electron chi connectivity index (χ3n) is 1.88. The second-order valence-corrected chi connectivity index (χ2v) is 4.09. The van der Waals surface area contributed by atoms with Crippen LogP contribution in [0.3, 0.4) is 0 Å². The van der Waals surface area contributed by atoms with Crippen molar-refractivity contribution in [3.8, 4) is 5.75 Å². The van der Waals surface area contributed by atoms with Gasteiger partial charge in [0.15, 0.2) is 0 Å². The Balaban J connectivity index is 3.03. The first-order valence-corrected chi connectivity index (χ1v) is 5.64. The molecule has 0 bridgehead atoms. The van der Waals surface area contributed by atoms with Crippen LogP contribution in [0.2, 0.25) is 0 Å². The van der Waals surface area contributed by atoms with Gasteiger partial charge in [-0.15, -0.1) is 11.8 Å². The molecule has 0 heterocycles. The number of thioether (sulfide) groups is 1. The number of hydrogen-bond acceptors (Lipinski definition) is 4. The molecule has 0 radical (unpaired) electrons. The fraction of sp³-hybridized carbons (Fsp3) is 0.364. The number of hydrogen-bond donors (Lipinski definition) is 0. The molecular formula is C11H13NO2S. The van der Waals surface area contributed by atoms with E-state index >= 15 is 0 Å². The van der Waals surface area contributed by atoms with Crippen molar-refractivity contribution >= 4 is 17.8 Å². The van der Waals surface area contributed by atoms with E-state index in [0.29, 0.717) is 6.54 Å². The first-order valence-electron chi connectivity index (χ1n) is 4.65. The quantitative estimate of drug-likeness (QED) is 0.437. The number of methoxy groups -OCH3 is 1. The molecule has 0 fully saturated rings. The van der Waals surface area contributed by atoms with Crippen LogP contribution in [-0.4, -0.2) is 18.9 Å². The molecule has 3 nitrogen and oxygen atoms in total. The number of nitrogens with zero attached hydrogens (tertiary/aromatic N) is 1. The van der Waals surface area contributed by atoms with Crippen molar-refractivity contribution in [2.24, 2.45) is 4.99 Å². The molecule has 0 aliphatic heterocycles. The van der Waals surface area contributed by atoms with Gasteiger partial charge in [-0.05, 0) is 11.8 Å². The Kier molecular flexibility index (Phi) is 4.95. The van der Waals surface area contributed by atoms with Gasteiger partial charge in [0.25, 0.3) is 0 Å². The Morgan fingerprint density at radius 3 is 2.93 bits per heavy atom. The third kappa shape index (κ3) is 3.11. The molecule has 1 rings (SSSR count). The molecule has 4 heteroatoms. The van der Waals surface area contributed by atoms with Crippen LogP contribution < -0.4 is 4.74 Å². The molecule has 0 atom stereocenters. The lowest BCUT2D eigenvalue weighted by Gasteiger charge is -2.10. The lowest BCUT2D eigenvalue weighted by Crippen LogP contribution is -1.93. The highest BCUT2D eigenvalue weighted by atomic mass is 32.2. The fourth-order valence-electron chi connectivity index (χ4n) is 1.30. The average Bonchev–Trinajstić information content (AvgIpc) is 2.27. The minimum absolute atomic E-state index is 0.324. The van der Waals surface area contributed by atoms with Gasteiger partial charge in [0.2, 0.25) is 6.08 Å². The zero-order chi connectivity index (χ0) is 11.1. The second kappa shape index (κ2) is 6.27. The van der Waals surface area contributed by atoms with Gasteiger partial charge in [-0.3, -0.25) is 0 Å². The summed E-state index contributed by atoms with van der Waals surface area (Å²) in [4.78, 5) is 14.7. The summed E-state index contributed by atoms with van der Waals surface area (Å²) >= 11 is 1.71. The van der Waals surface area contributed by atoms with Gasteiger partial charge in [-0.2, -0.15) is 0 Å². The first-order chi connectivity index (χ1) is 7.33. The Bertz CT molecular complexity index is 373. The van der Waals surface area contributed by atoms with Crippen molar-refractivity contribution in [1.82, 2.24) is 0 Å². The number of aliphatic imine (C=N–C) groups is 1. The smallest absolute Gasteiger partial charge is 0.235 e. The molecule has 80 valence electrons. The zero-order valence-electron chi connectivity index (χ0n) is 8.82. The summed E-state index contributed by atoms with van der Waals surface area (Å²) in [5, 5.41) is 0. The number of rotatable bonds is 5. The van der Waals surface area contributed by atoms with Gasteiger partial charge < -0.3 is 4.74 Å². The largest absolute Gasteiger partial charge is 0.495 e. The van der Waals surface area contributed by atoms with Crippen molar-refractivity contribution in [1.29, 1.82) is 0 Å². The lowest BCUT2D eigenvalue weighted by atomic mass is 10.2. The predicted molar refractivity (Wildman–Crippen MR) is 61.2 cm³/mol. The van der Waals surface area contributed by atoms with Crippen LogP contribution in [0.25, 0.3) is 0 Å². The summed E-state index contributed by atoms with van der Waals surface area (Å²) in [5.41, 5.74) is 0.916.